The summed E-state index contributed by atoms with van der Waals surface area (Å²) in [6, 6.07) is 7.87. The maximum absolute atomic E-state index is 12.2. The second-order valence-corrected chi connectivity index (χ2v) is 7.86. The highest BCUT2D eigenvalue weighted by Gasteiger charge is 2.30. The van der Waals surface area contributed by atoms with E-state index in [1.54, 1.807) is 6.26 Å². The number of aromatic nitrogens is 1. The van der Waals surface area contributed by atoms with Crippen molar-refractivity contribution in [2.45, 2.75) is 38.4 Å². The number of halogens is 1. The zero-order chi connectivity index (χ0) is 18.8. The van der Waals surface area contributed by atoms with E-state index in [4.69, 9.17) is 16.0 Å². The average molecular weight is 389 g/mol. The van der Waals surface area contributed by atoms with Crippen molar-refractivity contribution in [1.82, 2.24) is 20.1 Å². The molecule has 6 nitrogen and oxygen atoms in total. The molecule has 1 aromatic carbocycles. The maximum Gasteiger partial charge on any atom is 0.237 e. The fraction of sp³-hybridized carbons (Fsp3) is 0.500. The van der Waals surface area contributed by atoms with Gasteiger partial charge in [-0.2, -0.15) is 0 Å². The van der Waals surface area contributed by atoms with Gasteiger partial charge in [-0.1, -0.05) is 17.7 Å². The smallest absolute Gasteiger partial charge is 0.237 e. The van der Waals surface area contributed by atoms with Crippen molar-refractivity contribution in [1.29, 1.82) is 0 Å². The summed E-state index contributed by atoms with van der Waals surface area (Å²) in [5, 5.41) is 3.77. The van der Waals surface area contributed by atoms with E-state index in [-0.39, 0.29) is 11.9 Å². The molecule has 144 valence electrons. The zero-order valence-corrected chi connectivity index (χ0v) is 16.3. The quantitative estimate of drug-likeness (QED) is 0.824. The standard InChI is InChI=1S/C20H25ClN4O2/c1-14(19(26)22-17-5-6-17)25-9-7-24(8-10-25)12-18-13-27-20(23-18)15-3-2-4-16(21)11-15/h2-4,11,13-14,17H,5-10,12H2,1H3,(H,22,26). The van der Waals surface area contributed by atoms with E-state index in [1.807, 2.05) is 31.2 Å². The molecular formula is C20H25ClN4O2. The topological polar surface area (TPSA) is 61.6 Å². The SMILES string of the molecule is CC(C(=O)NC1CC1)N1CCN(Cc2coc(-c3cccc(Cl)c3)n2)CC1. The van der Waals surface area contributed by atoms with Crippen LogP contribution in [0.3, 0.4) is 0 Å². The van der Waals surface area contributed by atoms with Crippen LogP contribution in [0.25, 0.3) is 11.5 Å². The molecule has 27 heavy (non-hydrogen) atoms. The fourth-order valence-electron chi connectivity index (χ4n) is 3.39. The summed E-state index contributed by atoms with van der Waals surface area (Å²) < 4.78 is 5.62. The van der Waals surface area contributed by atoms with Crippen molar-refractivity contribution in [3.05, 3.63) is 41.2 Å². The lowest BCUT2D eigenvalue weighted by Gasteiger charge is -2.37. The molecule has 2 fully saturated rings. The van der Waals surface area contributed by atoms with E-state index in [0.29, 0.717) is 17.0 Å². The van der Waals surface area contributed by atoms with Gasteiger partial charge < -0.3 is 9.73 Å². The van der Waals surface area contributed by atoms with Gasteiger partial charge in [-0.3, -0.25) is 14.6 Å². The van der Waals surface area contributed by atoms with Gasteiger partial charge in [0.2, 0.25) is 11.8 Å². The molecule has 1 atom stereocenters. The van der Waals surface area contributed by atoms with E-state index in [9.17, 15) is 4.79 Å². The van der Waals surface area contributed by atoms with Gasteiger partial charge in [-0.25, -0.2) is 4.98 Å². The molecule has 1 unspecified atom stereocenters. The van der Waals surface area contributed by atoms with Gasteiger partial charge in [0.25, 0.3) is 0 Å². The predicted octanol–water partition coefficient (Wildman–Crippen LogP) is 2.78. The van der Waals surface area contributed by atoms with Crippen molar-refractivity contribution >= 4 is 17.5 Å². The molecule has 0 bridgehead atoms. The first kappa shape index (κ1) is 18.5. The molecule has 1 saturated heterocycles. The minimum atomic E-state index is -0.0609. The molecule has 1 amide bonds. The molecule has 0 spiro atoms. The Kier molecular flexibility index (Phi) is 5.48. The Morgan fingerprint density at radius 2 is 2.11 bits per heavy atom. The highest BCUT2D eigenvalue weighted by atomic mass is 35.5. The number of piperazine rings is 1. The number of amides is 1. The third-order valence-corrected chi connectivity index (χ3v) is 5.50. The van der Waals surface area contributed by atoms with Crippen molar-refractivity contribution in [3.63, 3.8) is 0 Å². The van der Waals surface area contributed by atoms with Gasteiger partial charge in [-0.05, 0) is 38.0 Å². The van der Waals surface area contributed by atoms with Crippen LogP contribution in [-0.4, -0.2) is 59.0 Å². The minimum absolute atomic E-state index is 0.0609. The van der Waals surface area contributed by atoms with E-state index >= 15 is 0 Å². The molecule has 4 rings (SSSR count). The number of carbonyl (C=O) groups excluding carboxylic acids is 1. The number of carbonyl (C=O) groups is 1. The van der Waals surface area contributed by atoms with Crippen LogP contribution < -0.4 is 5.32 Å². The summed E-state index contributed by atoms with van der Waals surface area (Å²) in [4.78, 5) is 21.4. The van der Waals surface area contributed by atoms with Gasteiger partial charge in [0.1, 0.15) is 6.26 Å². The van der Waals surface area contributed by atoms with Gasteiger partial charge in [0.05, 0.1) is 11.7 Å². The number of nitrogens with zero attached hydrogens (tertiary/aromatic N) is 3. The van der Waals surface area contributed by atoms with Crippen LogP contribution in [0.1, 0.15) is 25.5 Å². The Bertz CT molecular complexity index is 797. The van der Waals surface area contributed by atoms with Crippen LogP contribution >= 0.6 is 11.6 Å². The highest BCUT2D eigenvalue weighted by Crippen LogP contribution is 2.23. The van der Waals surface area contributed by atoms with E-state index in [1.165, 1.54) is 0 Å². The average Bonchev–Trinajstić information content (AvgIpc) is 3.36. The van der Waals surface area contributed by atoms with Crippen LogP contribution in [0.4, 0.5) is 0 Å². The molecule has 1 aliphatic heterocycles. The zero-order valence-electron chi connectivity index (χ0n) is 15.5. The number of oxazole rings is 1. The number of hydrogen-bond donors (Lipinski definition) is 1. The van der Waals surface area contributed by atoms with E-state index < -0.39 is 0 Å². The van der Waals surface area contributed by atoms with E-state index in [0.717, 1.165) is 56.8 Å². The number of nitrogens with one attached hydrogen (secondary N) is 1. The van der Waals surface area contributed by atoms with Crippen LogP contribution in [0, 0.1) is 0 Å². The molecule has 2 aromatic rings. The summed E-state index contributed by atoms with van der Waals surface area (Å²) in [5.74, 6) is 0.755. The third-order valence-electron chi connectivity index (χ3n) is 5.27. The fourth-order valence-corrected chi connectivity index (χ4v) is 3.58. The minimum Gasteiger partial charge on any atom is -0.444 e. The lowest BCUT2D eigenvalue weighted by atomic mass is 10.2. The maximum atomic E-state index is 12.2. The summed E-state index contributed by atoms with van der Waals surface area (Å²) >= 11 is 6.04. The van der Waals surface area contributed by atoms with E-state index in [2.05, 4.69) is 20.1 Å². The third kappa shape index (κ3) is 4.69. The Morgan fingerprint density at radius 1 is 1.33 bits per heavy atom. The molecule has 0 radical (unpaired) electrons. The summed E-state index contributed by atoms with van der Waals surface area (Å²) in [5.41, 5.74) is 1.80. The molecule has 7 heteroatoms. The van der Waals surface area contributed by atoms with Crippen LogP contribution in [0.15, 0.2) is 34.9 Å². The second-order valence-electron chi connectivity index (χ2n) is 7.43. The Morgan fingerprint density at radius 3 is 2.81 bits per heavy atom. The molecule has 1 aromatic heterocycles. The lowest BCUT2D eigenvalue weighted by Crippen LogP contribution is -2.53. The van der Waals surface area contributed by atoms with Crippen molar-refractivity contribution in [3.8, 4) is 11.5 Å². The number of hydrogen-bond acceptors (Lipinski definition) is 5. The molecule has 1 N–H and O–H groups in total. The van der Waals surface area contributed by atoms with Gasteiger partial charge in [0, 0.05) is 49.4 Å². The molecule has 2 aliphatic rings. The molecular weight excluding hydrogens is 364 g/mol. The van der Waals surface area contributed by atoms with Gasteiger partial charge in [0.15, 0.2) is 0 Å². The predicted molar refractivity (Wildman–Crippen MR) is 104 cm³/mol. The van der Waals surface area contributed by atoms with Gasteiger partial charge in [-0.15, -0.1) is 0 Å². The van der Waals surface area contributed by atoms with Crippen molar-refractivity contribution in [2.24, 2.45) is 0 Å². The first-order chi connectivity index (χ1) is 13.1. The lowest BCUT2D eigenvalue weighted by molar-refractivity contribution is -0.126. The van der Waals surface area contributed by atoms with Gasteiger partial charge >= 0.3 is 0 Å². The molecule has 1 aliphatic carbocycles. The largest absolute Gasteiger partial charge is 0.444 e. The second kappa shape index (κ2) is 8.00. The highest BCUT2D eigenvalue weighted by molar-refractivity contribution is 6.30. The van der Waals surface area contributed by atoms with Crippen LogP contribution in [0.2, 0.25) is 5.02 Å². The van der Waals surface area contributed by atoms with Crippen molar-refractivity contribution < 1.29 is 9.21 Å². The first-order valence-electron chi connectivity index (χ1n) is 9.55. The summed E-state index contributed by atoms with van der Waals surface area (Å²) in [6.45, 7) is 6.36. The first-order valence-corrected chi connectivity index (χ1v) is 9.93. The Labute approximate surface area is 164 Å². The normalized spacial score (nSPS) is 19.8. The molecule has 2 heterocycles. The van der Waals surface area contributed by atoms with Crippen LogP contribution in [0.5, 0.6) is 0 Å². The van der Waals surface area contributed by atoms with Crippen LogP contribution in [-0.2, 0) is 11.3 Å². The molecule has 1 saturated carbocycles. The number of rotatable bonds is 6. The summed E-state index contributed by atoms with van der Waals surface area (Å²) in [6.07, 6.45) is 3.97. The number of benzene rings is 1. The Balaban J connectivity index is 1.28. The summed E-state index contributed by atoms with van der Waals surface area (Å²) in [7, 11) is 0. The monoisotopic (exact) mass is 388 g/mol. The van der Waals surface area contributed by atoms with Crippen molar-refractivity contribution in [2.75, 3.05) is 26.2 Å². The Hall–Kier alpha value is -1.89.